The minimum Gasteiger partial charge on any atom is -0.416 e. The van der Waals surface area contributed by atoms with Crippen molar-refractivity contribution in [3.05, 3.63) is 170 Å². The van der Waals surface area contributed by atoms with Gasteiger partial charge in [-0.15, -0.1) is 10.2 Å². The van der Waals surface area contributed by atoms with E-state index in [0.717, 1.165) is 16.7 Å². The third-order valence-corrected chi connectivity index (χ3v) is 9.07. The average molecular weight is 601 g/mol. The van der Waals surface area contributed by atoms with Crippen LogP contribution in [0.15, 0.2) is 174 Å². The van der Waals surface area contributed by atoms with Gasteiger partial charge in [0.2, 0.25) is 11.8 Å². The Morgan fingerprint density at radius 1 is 0.298 bits per heavy atom. The Morgan fingerprint density at radius 2 is 0.702 bits per heavy atom. The van der Waals surface area contributed by atoms with E-state index >= 15 is 0 Å². The fourth-order valence-corrected chi connectivity index (χ4v) is 6.86. The summed E-state index contributed by atoms with van der Waals surface area (Å²) < 4.78 is 6.04. The lowest BCUT2D eigenvalue weighted by Crippen LogP contribution is -1.91. The number of hydrogen-bond acceptors (Lipinski definition) is 3. The molecule has 0 unspecified atom stereocenters. The van der Waals surface area contributed by atoms with E-state index in [-0.39, 0.29) is 0 Å². The molecule has 0 atom stereocenters. The van der Waals surface area contributed by atoms with Gasteiger partial charge < -0.3 is 4.42 Å². The molecule has 220 valence electrons. The van der Waals surface area contributed by atoms with Crippen LogP contribution < -0.4 is 0 Å². The monoisotopic (exact) mass is 600 g/mol. The molecule has 1 aromatic heterocycles. The Balaban J connectivity index is 1.15. The molecule has 0 spiro atoms. The van der Waals surface area contributed by atoms with Crippen molar-refractivity contribution in [3.63, 3.8) is 0 Å². The van der Waals surface area contributed by atoms with Crippen molar-refractivity contribution >= 4 is 32.3 Å². The lowest BCUT2D eigenvalue weighted by atomic mass is 9.85. The van der Waals surface area contributed by atoms with Crippen LogP contribution in [-0.2, 0) is 0 Å². The highest BCUT2D eigenvalue weighted by molar-refractivity contribution is 6.21. The van der Waals surface area contributed by atoms with Gasteiger partial charge in [-0.05, 0) is 90.0 Å². The van der Waals surface area contributed by atoms with E-state index < -0.39 is 0 Å². The highest BCUT2D eigenvalue weighted by atomic mass is 16.4. The summed E-state index contributed by atoms with van der Waals surface area (Å²) in [5, 5.41) is 16.0. The second kappa shape index (κ2) is 11.2. The SMILES string of the molecule is c1ccc(-c2nnc(-c3ccc(-c4c5ccccc5c(-c5ccc(-c6cccc7ccccc67)cc5)c5ccccc45)cc3)o2)cc1. The Bertz CT molecular complexity index is 2490. The third-order valence-electron chi connectivity index (χ3n) is 9.07. The number of aromatic nitrogens is 2. The van der Waals surface area contributed by atoms with Crippen LogP contribution in [0.3, 0.4) is 0 Å². The maximum absolute atomic E-state index is 6.04. The van der Waals surface area contributed by atoms with E-state index in [9.17, 15) is 0 Å². The Morgan fingerprint density at radius 3 is 1.26 bits per heavy atom. The molecule has 0 saturated heterocycles. The van der Waals surface area contributed by atoms with Crippen LogP contribution >= 0.6 is 0 Å². The Hall–Kier alpha value is -6.32. The fourth-order valence-electron chi connectivity index (χ4n) is 6.86. The lowest BCUT2D eigenvalue weighted by molar-refractivity contribution is 0.584. The van der Waals surface area contributed by atoms with E-state index in [1.807, 2.05) is 30.3 Å². The van der Waals surface area contributed by atoms with Crippen molar-refractivity contribution in [3.8, 4) is 56.3 Å². The maximum Gasteiger partial charge on any atom is 0.248 e. The van der Waals surface area contributed by atoms with Gasteiger partial charge in [-0.25, -0.2) is 0 Å². The van der Waals surface area contributed by atoms with Crippen molar-refractivity contribution in [1.29, 1.82) is 0 Å². The first-order valence-corrected chi connectivity index (χ1v) is 15.8. The van der Waals surface area contributed by atoms with Gasteiger partial charge in [-0.1, -0.05) is 146 Å². The van der Waals surface area contributed by atoms with Gasteiger partial charge in [0.05, 0.1) is 0 Å². The van der Waals surface area contributed by atoms with E-state index in [4.69, 9.17) is 4.42 Å². The van der Waals surface area contributed by atoms with E-state index in [0.29, 0.717) is 11.8 Å². The number of hydrogen-bond donors (Lipinski definition) is 0. The second-order valence-electron chi connectivity index (χ2n) is 11.8. The van der Waals surface area contributed by atoms with Crippen molar-refractivity contribution in [1.82, 2.24) is 10.2 Å². The van der Waals surface area contributed by atoms with E-state index in [2.05, 4.69) is 150 Å². The molecule has 0 saturated carbocycles. The van der Waals surface area contributed by atoms with Crippen LogP contribution in [0.4, 0.5) is 0 Å². The zero-order chi connectivity index (χ0) is 31.2. The number of nitrogens with zero attached hydrogens (tertiary/aromatic N) is 2. The summed E-state index contributed by atoms with van der Waals surface area (Å²) in [6, 6.07) is 60.0. The minimum absolute atomic E-state index is 0.507. The van der Waals surface area contributed by atoms with Crippen molar-refractivity contribution in [2.75, 3.05) is 0 Å². The molecule has 1 heterocycles. The Labute approximate surface area is 272 Å². The average Bonchev–Trinajstić information content (AvgIpc) is 3.65. The quantitative estimate of drug-likeness (QED) is 0.185. The molecule has 0 N–H and O–H groups in total. The molecule has 8 aromatic carbocycles. The smallest absolute Gasteiger partial charge is 0.248 e. The molecule has 0 amide bonds. The van der Waals surface area contributed by atoms with Crippen LogP contribution in [0.5, 0.6) is 0 Å². The van der Waals surface area contributed by atoms with E-state index in [1.54, 1.807) is 0 Å². The minimum atomic E-state index is 0.507. The van der Waals surface area contributed by atoms with Gasteiger partial charge in [0.25, 0.3) is 0 Å². The fraction of sp³-hybridized carbons (Fsp3) is 0. The van der Waals surface area contributed by atoms with Crippen LogP contribution in [0.2, 0.25) is 0 Å². The van der Waals surface area contributed by atoms with Gasteiger partial charge in [0.1, 0.15) is 0 Å². The summed E-state index contributed by atoms with van der Waals surface area (Å²) in [6.07, 6.45) is 0. The molecule has 0 fully saturated rings. The second-order valence-corrected chi connectivity index (χ2v) is 11.8. The van der Waals surface area contributed by atoms with Crippen LogP contribution in [-0.4, -0.2) is 10.2 Å². The predicted octanol–water partition coefficient (Wildman–Crippen LogP) is 11.9. The van der Waals surface area contributed by atoms with Crippen molar-refractivity contribution in [2.45, 2.75) is 0 Å². The molecule has 0 aliphatic heterocycles. The maximum atomic E-state index is 6.04. The number of benzene rings is 8. The summed E-state index contributed by atoms with van der Waals surface area (Å²) >= 11 is 0. The standard InChI is InChI=1S/C44H28N2O/c1-2-12-33(13-3-1)43-45-46-44(47-43)34-27-25-32(26-28-34)42-39-18-8-6-16-37(39)41(38-17-7-9-19-40(38)42)31-23-21-30(22-24-31)36-20-10-14-29-11-4-5-15-35(29)36/h1-28H. The zero-order valence-corrected chi connectivity index (χ0v) is 25.5. The van der Waals surface area contributed by atoms with Gasteiger partial charge >= 0.3 is 0 Å². The first-order chi connectivity index (χ1) is 23.3. The molecule has 9 rings (SSSR count). The van der Waals surface area contributed by atoms with Gasteiger partial charge in [-0.3, -0.25) is 0 Å². The first kappa shape index (κ1) is 27.0. The molecule has 9 aromatic rings. The molecular formula is C44H28N2O. The van der Waals surface area contributed by atoms with Crippen molar-refractivity contribution in [2.24, 2.45) is 0 Å². The largest absolute Gasteiger partial charge is 0.416 e. The van der Waals surface area contributed by atoms with Crippen LogP contribution in [0.1, 0.15) is 0 Å². The lowest BCUT2D eigenvalue weighted by Gasteiger charge is -2.18. The molecule has 0 aliphatic carbocycles. The number of rotatable bonds is 5. The molecule has 0 radical (unpaired) electrons. The molecular weight excluding hydrogens is 572 g/mol. The summed E-state index contributed by atoms with van der Waals surface area (Å²) in [6.45, 7) is 0. The highest BCUT2D eigenvalue weighted by Gasteiger charge is 2.17. The normalized spacial score (nSPS) is 11.4. The van der Waals surface area contributed by atoms with Gasteiger partial charge in [0, 0.05) is 11.1 Å². The number of fused-ring (bicyclic) bond motifs is 3. The summed E-state index contributed by atoms with van der Waals surface area (Å²) in [7, 11) is 0. The molecule has 47 heavy (non-hydrogen) atoms. The summed E-state index contributed by atoms with van der Waals surface area (Å²) in [5.41, 5.74) is 9.07. The molecule has 0 bridgehead atoms. The third kappa shape index (κ3) is 4.68. The molecule has 3 heteroatoms. The van der Waals surface area contributed by atoms with E-state index in [1.165, 1.54) is 60.1 Å². The molecule has 3 nitrogen and oxygen atoms in total. The molecule has 0 aliphatic rings. The Kier molecular flexibility index (Phi) is 6.46. The summed E-state index contributed by atoms with van der Waals surface area (Å²) in [4.78, 5) is 0. The summed E-state index contributed by atoms with van der Waals surface area (Å²) in [5.74, 6) is 1.02. The van der Waals surface area contributed by atoms with Crippen molar-refractivity contribution < 1.29 is 4.42 Å². The predicted molar refractivity (Wildman–Crippen MR) is 194 cm³/mol. The first-order valence-electron chi connectivity index (χ1n) is 15.8. The van der Waals surface area contributed by atoms with Crippen LogP contribution in [0.25, 0.3) is 88.6 Å². The van der Waals surface area contributed by atoms with Crippen LogP contribution in [0, 0.1) is 0 Å². The zero-order valence-electron chi connectivity index (χ0n) is 25.5. The van der Waals surface area contributed by atoms with Gasteiger partial charge in [-0.2, -0.15) is 0 Å². The highest BCUT2D eigenvalue weighted by Crippen LogP contribution is 2.44. The topological polar surface area (TPSA) is 38.9 Å². The van der Waals surface area contributed by atoms with Gasteiger partial charge in [0.15, 0.2) is 0 Å².